The zero-order valence-electron chi connectivity index (χ0n) is 9.94. The van der Waals surface area contributed by atoms with Gasteiger partial charge in [0.15, 0.2) is 6.10 Å². The molecular formula is C10H20N2O5. The maximum atomic E-state index is 11.1. The Morgan fingerprint density at radius 1 is 1.24 bits per heavy atom. The Morgan fingerprint density at radius 2 is 1.94 bits per heavy atom. The van der Waals surface area contributed by atoms with Crippen molar-refractivity contribution in [2.45, 2.75) is 25.4 Å². The van der Waals surface area contributed by atoms with Crippen molar-refractivity contribution < 1.29 is 24.5 Å². The van der Waals surface area contributed by atoms with Gasteiger partial charge in [-0.1, -0.05) is 0 Å². The van der Waals surface area contributed by atoms with Crippen molar-refractivity contribution in [2.75, 3.05) is 26.8 Å². The molecule has 0 fully saturated rings. The summed E-state index contributed by atoms with van der Waals surface area (Å²) in [5.41, 5.74) is 0. The number of methoxy groups -OCH3 is 1. The number of amides is 2. The van der Waals surface area contributed by atoms with Crippen LogP contribution >= 0.6 is 0 Å². The number of hydrogen-bond donors (Lipinski definition) is 4. The van der Waals surface area contributed by atoms with Crippen LogP contribution in [0.1, 0.15) is 19.3 Å². The van der Waals surface area contributed by atoms with Gasteiger partial charge in [0.2, 0.25) is 0 Å². The maximum absolute atomic E-state index is 11.1. The normalized spacial score (nSPS) is 11.9. The third kappa shape index (κ3) is 9.58. The summed E-state index contributed by atoms with van der Waals surface area (Å²) in [6.07, 6.45) is 1.16. The maximum Gasteiger partial charge on any atom is 0.334 e. The van der Waals surface area contributed by atoms with Gasteiger partial charge in [0.05, 0.1) is 6.54 Å². The topological polar surface area (TPSA) is 108 Å². The van der Waals surface area contributed by atoms with Crippen molar-refractivity contribution in [1.82, 2.24) is 10.6 Å². The van der Waals surface area contributed by atoms with E-state index in [2.05, 4.69) is 10.6 Å². The predicted octanol–water partition coefficient (Wildman–Crippen LogP) is -0.452. The molecule has 7 heteroatoms. The minimum atomic E-state index is -1.57. The fourth-order valence-corrected chi connectivity index (χ4v) is 1.09. The zero-order valence-corrected chi connectivity index (χ0v) is 9.94. The molecule has 0 aliphatic heterocycles. The van der Waals surface area contributed by atoms with E-state index in [0.717, 1.165) is 19.3 Å². The molecule has 0 unspecified atom stereocenters. The molecule has 0 aromatic rings. The zero-order chi connectivity index (χ0) is 13.1. The van der Waals surface area contributed by atoms with E-state index in [1.165, 1.54) is 0 Å². The Morgan fingerprint density at radius 3 is 2.53 bits per heavy atom. The molecule has 0 rings (SSSR count). The molecule has 17 heavy (non-hydrogen) atoms. The molecule has 100 valence electrons. The first-order valence-corrected chi connectivity index (χ1v) is 5.49. The van der Waals surface area contributed by atoms with E-state index in [1.807, 2.05) is 0 Å². The molecule has 7 nitrogen and oxygen atoms in total. The number of ether oxygens (including phenoxy) is 1. The van der Waals surface area contributed by atoms with Gasteiger partial charge in [0.1, 0.15) is 0 Å². The second kappa shape index (κ2) is 9.86. The van der Waals surface area contributed by atoms with Crippen LogP contribution < -0.4 is 10.6 Å². The average molecular weight is 248 g/mol. The largest absolute Gasteiger partial charge is 0.479 e. The first kappa shape index (κ1) is 15.7. The molecule has 0 radical (unpaired) electrons. The fraction of sp³-hybridized carbons (Fsp3) is 0.800. The fourth-order valence-electron chi connectivity index (χ4n) is 1.09. The Hall–Kier alpha value is -1.34. The van der Waals surface area contributed by atoms with E-state index < -0.39 is 18.1 Å². The molecule has 0 aromatic heterocycles. The third-order valence-corrected chi connectivity index (χ3v) is 2.05. The number of hydrogen-bond acceptors (Lipinski definition) is 4. The number of urea groups is 1. The molecule has 1 atom stereocenters. The van der Waals surface area contributed by atoms with Crippen molar-refractivity contribution in [2.24, 2.45) is 0 Å². The lowest BCUT2D eigenvalue weighted by atomic mass is 10.2. The predicted molar refractivity (Wildman–Crippen MR) is 60.8 cm³/mol. The Bertz CT molecular complexity index is 235. The minimum Gasteiger partial charge on any atom is -0.479 e. The molecule has 0 aliphatic carbocycles. The molecule has 0 saturated carbocycles. The number of carboxylic acids is 1. The van der Waals surface area contributed by atoms with Crippen molar-refractivity contribution >= 4 is 12.0 Å². The molecule has 0 saturated heterocycles. The highest BCUT2D eigenvalue weighted by atomic mass is 16.5. The number of nitrogens with one attached hydrogen (secondary N) is 2. The SMILES string of the molecule is COCCCCCNC(=O)NC[C@H](O)C(=O)O. The van der Waals surface area contributed by atoms with E-state index in [0.29, 0.717) is 13.2 Å². The van der Waals surface area contributed by atoms with E-state index in [4.69, 9.17) is 14.9 Å². The summed E-state index contributed by atoms with van der Waals surface area (Å²) in [6, 6.07) is -0.475. The van der Waals surface area contributed by atoms with Crippen LogP contribution in [0.3, 0.4) is 0 Å². The van der Waals surface area contributed by atoms with Crippen LogP contribution in [-0.2, 0) is 9.53 Å². The molecule has 0 heterocycles. The van der Waals surface area contributed by atoms with Crippen LogP contribution in [0.25, 0.3) is 0 Å². The highest BCUT2D eigenvalue weighted by Crippen LogP contribution is 1.93. The molecule has 0 bridgehead atoms. The second-order valence-electron chi connectivity index (χ2n) is 3.54. The Kier molecular flexibility index (Phi) is 9.08. The van der Waals surface area contributed by atoms with Gasteiger partial charge in [-0.2, -0.15) is 0 Å². The second-order valence-corrected chi connectivity index (χ2v) is 3.54. The highest BCUT2D eigenvalue weighted by molar-refractivity contribution is 5.76. The Labute approximate surface area is 100 Å². The summed E-state index contributed by atoms with van der Waals surface area (Å²) in [5, 5.41) is 22.1. The molecule has 0 aromatic carbocycles. The van der Waals surface area contributed by atoms with E-state index >= 15 is 0 Å². The van der Waals surface area contributed by atoms with Gasteiger partial charge < -0.3 is 25.6 Å². The van der Waals surface area contributed by atoms with Crippen molar-refractivity contribution in [3.8, 4) is 0 Å². The summed E-state index contributed by atoms with van der Waals surface area (Å²) in [7, 11) is 1.64. The number of aliphatic hydroxyl groups is 1. The first-order chi connectivity index (χ1) is 8.07. The highest BCUT2D eigenvalue weighted by Gasteiger charge is 2.13. The van der Waals surface area contributed by atoms with Crippen LogP contribution in [0.4, 0.5) is 4.79 Å². The summed E-state index contributed by atoms with van der Waals surface area (Å²) >= 11 is 0. The number of rotatable bonds is 9. The molecule has 2 amide bonds. The van der Waals surface area contributed by atoms with Crippen LogP contribution in [0.15, 0.2) is 0 Å². The summed E-state index contributed by atoms with van der Waals surface area (Å²) in [4.78, 5) is 21.3. The van der Waals surface area contributed by atoms with Gasteiger partial charge in [-0.25, -0.2) is 9.59 Å². The smallest absolute Gasteiger partial charge is 0.334 e. The summed E-state index contributed by atoms with van der Waals surface area (Å²) in [6.45, 7) is 0.917. The van der Waals surface area contributed by atoms with E-state index in [9.17, 15) is 9.59 Å². The lowest BCUT2D eigenvalue weighted by Crippen LogP contribution is -2.42. The number of carboxylic acid groups (broad SMARTS) is 1. The monoisotopic (exact) mass is 248 g/mol. The van der Waals surface area contributed by atoms with Crippen LogP contribution in [0.2, 0.25) is 0 Å². The van der Waals surface area contributed by atoms with Crippen molar-refractivity contribution in [3.05, 3.63) is 0 Å². The van der Waals surface area contributed by atoms with Gasteiger partial charge in [0.25, 0.3) is 0 Å². The van der Waals surface area contributed by atoms with Gasteiger partial charge in [-0.3, -0.25) is 0 Å². The standard InChI is InChI=1S/C10H20N2O5/c1-17-6-4-2-3-5-11-10(16)12-7-8(13)9(14)15/h8,13H,2-7H2,1H3,(H,14,15)(H2,11,12,16)/t8-/m0/s1. The van der Waals surface area contributed by atoms with Gasteiger partial charge in [0, 0.05) is 20.3 Å². The summed E-state index contributed by atoms with van der Waals surface area (Å²) in [5.74, 6) is -1.36. The number of carbonyl (C=O) groups is 2. The van der Waals surface area contributed by atoms with Crippen molar-refractivity contribution in [3.63, 3.8) is 0 Å². The lowest BCUT2D eigenvalue weighted by Gasteiger charge is -2.09. The van der Waals surface area contributed by atoms with Crippen LogP contribution in [0, 0.1) is 0 Å². The van der Waals surface area contributed by atoms with E-state index in [1.54, 1.807) is 7.11 Å². The quantitative estimate of drug-likeness (QED) is 0.413. The number of carbonyl (C=O) groups excluding carboxylic acids is 1. The lowest BCUT2D eigenvalue weighted by molar-refractivity contribution is -0.146. The number of aliphatic hydroxyl groups excluding tert-OH is 1. The minimum absolute atomic E-state index is 0.301. The Balaban J connectivity index is 3.38. The van der Waals surface area contributed by atoms with Gasteiger partial charge >= 0.3 is 12.0 Å². The number of unbranched alkanes of at least 4 members (excludes halogenated alkanes) is 2. The number of aliphatic carboxylic acids is 1. The van der Waals surface area contributed by atoms with Gasteiger partial charge in [-0.05, 0) is 19.3 Å². The molecule has 0 aliphatic rings. The molecular weight excluding hydrogens is 228 g/mol. The average Bonchev–Trinajstić information content (AvgIpc) is 2.30. The van der Waals surface area contributed by atoms with Crippen LogP contribution in [-0.4, -0.2) is 55.1 Å². The third-order valence-electron chi connectivity index (χ3n) is 2.05. The van der Waals surface area contributed by atoms with Crippen LogP contribution in [0.5, 0.6) is 0 Å². The molecule has 0 spiro atoms. The summed E-state index contributed by atoms with van der Waals surface area (Å²) < 4.78 is 4.87. The van der Waals surface area contributed by atoms with Crippen molar-refractivity contribution in [1.29, 1.82) is 0 Å². The molecule has 4 N–H and O–H groups in total. The first-order valence-electron chi connectivity index (χ1n) is 5.49. The van der Waals surface area contributed by atoms with Gasteiger partial charge in [-0.15, -0.1) is 0 Å². The van der Waals surface area contributed by atoms with E-state index in [-0.39, 0.29) is 6.54 Å².